The molecule has 0 rings (SSSR count). The lowest BCUT2D eigenvalue weighted by molar-refractivity contribution is -0.152. The van der Waals surface area contributed by atoms with Gasteiger partial charge in [0.15, 0.2) is 0 Å². The summed E-state index contributed by atoms with van der Waals surface area (Å²) in [6.45, 7) is 6.14. The van der Waals surface area contributed by atoms with E-state index in [-0.39, 0.29) is 18.4 Å². The van der Waals surface area contributed by atoms with Gasteiger partial charge in [0.25, 0.3) is 0 Å². The van der Waals surface area contributed by atoms with E-state index in [1.807, 2.05) is 20.8 Å². The number of nitrogens with two attached hydrogens (primary N) is 1. The van der Waals surface area contributed by atoms with Crippen LogP contribution in [0, 0.1) is 5.41 Å². The highest BCUT2D eigenvalue weighted by molar-refractivity contribution is 5.85. The Kier molecular flexibility index (Phi) is 6.52. The molecule has 0 amide bonds. The van der Waals surface area contributed by atoms with Gasteiger partial charge in [-0.15, -0.1) is 12.4 Å². The van der Waals surface area contributed by atoms with Gasteiger partial charge in [-0.3, -0.25) is 4.79 Å². The van der Waals surface area contributed by atoms with Gasteiger partial charge in [-0.2, -0.15) is 0 Å². The summed E-state index contributed by atoms with van der Waals surface area (Å²) in [5.74, 6) is -0.196. The molecule has 0 aliphatic rings. The number of rotatable bonds is 2. The van der Waals surface area contributed by atoms with Gasteiger partial charge in [-0.05, 0) is 20.8 Å². The second-order valence-electron chi connectivity index (χ2n) is 3.17. The quantitative estimate of drug-likeness (QED) is 0.646. The van der Waals surface area contributed by atoms with Crippen molar-refractivity contribution in [2.45, 2.75) is 20.8 Å². The maximum absolute atomic E-state index is 10.9. The number of carbonyl (C=O) groups is 1. The minimum Gasteiger partial charge on any atom is -0.464 e. The van der Waals surface area contributed by atoms with Gasteiger partial charge in [-0.1, -0.05) is 0 Å². The van der Waals surface area contributed by atoms with Crippen molar-refractivity contribution in [1.82, 2.24) is 0 Å². The zero-order chi connectivity index (χ0) is 8.20. The first kappa shape index (κ1) is 13.3. The minimum absolute atomic E-state index is 0. The van der Waals surface area contributed by atoms with Crippen LogP contribution in [0.3, 0.4) is 0 Å². The van der Waals surface area contributed by atoms with Crippen LogP contribution in [0.4, 0.5) is 0 Å². The minimum atomic E-state index is -0.408. The first-order valence-corrected chi connectivity index (χ1v) is 3.36. The van der Waals surface area contributed by atoms with Crippen LogP contribution >= 0.6 is 12.4 Å². The molecular formula is C7H16ClNO2. The molecule has 0 aliphatic carbocycles. The fourth-order valence-electron chi connectivity index (χ4n) is 0.368. The Bertz CT molecular complexity index is 120. The lowest BCUT2D eigenvalue weighted by Crippen LogP contribution is -2.25. The fraction of sp³-hybridized carbons (Fsp3) is 0.857. The molecule has 4 heteroatoms. The molecule has 2 N–H and O–H groups in total. The number of hydrogen-bond acceptors (Lipinski definition) is 3. The normalized spacial score (nSPS) is 10.2. The smallest absolute Gasteiger partial charge is 0.311 e. The monoisotopic (exact) mass is 181 g/mol. The summed E-state index contributed by atoms with van der Waals surface area (Å²) in [4.78, 5) is 10.9. The van der Waals surface area contributed by atoms with E-state index in [4.69, 9.17) is 10.5 Å². The third-order valence-corrected chi connectivity index (χ3v) is 0.963. The van der Waals surface area contributed by atoms with Crippen LogP contribution in [-0.2, 0) is 9.53 Å². The summed E-state index contributed by atoms with van der Waals surface area (Å²) in [5, 5.41) is 0. The highest BCUT2D eigenvalue weighted by Gasteiger charge is 2.22. The van der Waals surface area contributed by atoms with Crippen molar-refractivity contribution in [2.75, 3.05) is 13.2 Å². The van der Waals surface area contributed by atoms with E-state index in [1.54, 1.807) is 0 Å². The molecule has 0 fully saturated rings. The SMILES string of the molecule is CC(C)(C)C(=O)OCCN.Cl. The Morgan fingerprint density at radius 1 is 1.45 bits per heavy atom. The Morgan fingerprint density at radius 2 is 1.91 bits per heavy atom. The second kappa shape index (κ2) is 5.38. The van der Waals surface area contributed by atoms with E-state index in [0.29, 0.717) is 13.2 Å². The van der Waals surface area contributed by atoms with Crippen molar-refractivity contribution in [3.63, 3.8) is 0 Å². The summed E-state index contributed by atoms with van der Waals surface area (Å²) in [5.41, 5.74) is 4.74. The molecule has 0 spiro atoms. The van der Waals surface area contributed by atoms with E-state index < -0.39 is 5.41 Å². The molecule has 0 unspecified atom stereocenters. The molecule has 0 radical (unpaired) electrons. The van der Waals surface area contributed by atoms with E-state index in [9.17, 15) is 4.79 Å². The van der Waals surface area contributed by atoms with Gasteiger partial charge in [0.1, 0.15) is 6.61 Å². The molecule has 0 atom stereocenters. The highest BCUT2D eigenvalue weighted by atomic mass is 35.5. The van der Waals surface area contributed by atoms with Gasteiger partial charge in [0.2, 0.25) is 0 Å². The van der Waals surface area contributed by atoms with Crippen LogP contribution in [0.15, 0.2) is 0 Å². The number of hydrogen-bond donors (Lipinski definition) is 1. The second-order valence-corrected chi connectivity index (χ2v) is 3.17. The summed E-state index contributed by atoms with van der Waals surface area (Å²) >= 11 is 0. The van der Waals surface area contributed by atoms with Crippen molar-refractivity contribution in [2.24, 2.45) is 11.1 Å². The van der Waals surface area contributed by atoms with E-state index in [0.717, 1.165) is 0 Å². The molecule has 0 aromatic heterocycles. The van der Waals surface area contributed by atoms with Crippen molar-refractivity contribution < 1.29 is 9.53 Å². The first-order chi connectivity index (χ1) is 4.48. The van der Waals surface area contributed by atoms with Crippen LogP contribution in [0.5, 0.6) is 0 Å². The molecule has 0 bridgehead atoms. The predicted octanol–water partition coefficient (Wildman–Crippen LogP) is 0.956. The zero-order valence-electron chi connectivity index (χ0n) is 7.22. The molecule has 0 aliphatic heterocycles. The van der Waals surface area contributed by atoms with E-state index in [1.165, 1.54) is 0 Å². The Labute approximate surface area is 73.7 Å². The Morgan fingerprint density at radius 3 is 2.18 bits per heavy atom. The van der Waals surface area contributed by atoms with Gasteiger partial charge in [0.05, 0.1) is 5.41 Å². The fourth-order valence-corrected chi connectivity index (χ4v) is 0.368. The molecule has 0 heterocycles. The van der Waals surface area contributed by atoms with Crippen molar-refractivity contribution in [3.05, 3.63) is 0 Å². The molecule has 3 nitrogen and oxygen atoms in total. The first-order valence-electron chi connectivity index (χ1n) is 3.36. The third kappa shape index (κ3) is 6.13. The third-order valence-electron chi connectivity index (χ3n) is 0.963. The van der Waals surface area contributed by atoms with Gasteiger partial charge in [-0.25, -0.2) is 0 Å². The molecule has 0 saturated heterocycles. The van der Waals surface area contributed by atoms with E-state index in [2.05, 4.69) is 0 Å². The van der Waals surface area contributed by atoms with Crippen LogP contribution in [0.2, 0.25) is 0 Å². The van der Waals surface area contributed by atoms with Crippen molar-refractivity contribution >= 4 is 18.4 Å². The number of carbonyl (C=O) groups excluding carboxylic acids is 1. The van der Waals surface area contributed by atoms with Gasteiger partial charge >= 0.3 is 5.97 Å². The maximum Gasteiger partial charge on any atom is 0.311 e. The van der Waals surface area contributed by atoms with Gasteiger partial charge in [0, 0.05) is 6.54 Å². The number of esters is 1. The molecule has 0 aromatic rings. The highest BCUT2D eigenvalue weighted by Crippen LogP contribution is 2.14. The topological polar surface area (TPSA) is 52.3 Å². The zero-order valence-corrected chi connectivity index (χ0v) is 8.03. The Balaban J connectivity index is 0. The lowest BCUT2D eigenvalue weighted by atomic mass is 9.97. The largest absolute Gasteiger partial charge is 0.464 e. The van der Waals surface area contributed by atoms with Crippen LogP contribution in [-0.4, -0.2) is 19.1 Å². The van der Waals surface area contributed by atoms with Crippen molar-refractivity contribution in [1.29, 1.82) is 0 Å². The average molecular weight is 182 g/mol. The molecule has 0 aromatic carbocycles. The summed E-state index contributed by atoms with van der Waals surface area (Å²) in [6.07, 6.45) is 0. The average Bonchev–Trinajstić information content (AvgIpc) is 1.80. The molecular weight excluding hydrogens is 166 g/mol. The van der Waals surface area contributed by atoms with Crippen LogP contribution < -0.4 is 5.73 Å². The standard InChI is InChI=1S/C7H15NO2.ClH/c1-7(2,3)6(9)10-5-4-8;/h4-5,8H2,1-3H3;1H. The summed E-state index contributed by atoms with van der Waals surface area (Å²) < 4.78 is 4.79. The lowest BCUT2D eigenvalue weighted by Gasteiger charge is -2.15. The van der Waals surface area contributed by atoms with Gasteiger partial charge < -0.3 is 10.5 Å². The summed E-state index contributed by atoms with van der Waals surface area (Å²) in [7, 11) is 0. The molecule has 11 heavy (non-hydrogen) atoms. The number of halogens is 1. The van der Waals surface area contributed by atoms with Crippen LogP contribution in [0.25, 0.3) is 0 Å². The molecule has 68 valence electrons. The predicted molar refractivity (Wildman–Crippen MR) is 46.7 cm³/mol. The Hall–Kier alpha value is -0.280. The number of ether oxygens (including phenoxy) is 1. The maximum atomic E-state index is 10.9. The summed E-state index contributed by atoms with van der Waals surface area (Å²) in [6, 6.07) is 0. The van der Waals surface area contributed by atoms with E-state index >= 15 is 0 Å². The van der Waals surface area contributed by atoms with Crippen LogP contribution in [0.1, 0.15) is 20.8 Å². The van der Waals surface area contributed by atoms with Crippen molar-refractivity contribution in [3.8, 4) is 0 Å². The molecule has 0 saturated carbocycles.